The van der Waals surface area contributed by atoms with Crippen LogP contribution in [0.2, 0.25) is 5.02 Å². The fourth-order valence-electron chi connectivity index (χ4n) is 5.77. The van der Waals surface area contributed by atoms with Gasteiger partial charge in [-0.2, -0.15) is 5.10 Å². The number of H-pyrrole nitrogens is 1. The summed E-state index contributed by atoms with van der Waals surface area (Å²) in [5, 5.41) is 21.7. The maximum Gasteiger partial charge on any atom is 0.255 e. The van der Waals surface area contributed by atoms with Crippen LogP contribution in [0.3, 0.4) is 0 Å². The fourth-order valence-corrected chi connectivity index (χ4v) is 5.93. The van der Waals surface area contributed by atoms with Gasteiger partial charge in [0.2, 0.25) is 5.88 Å². The number of aliphatic hydroxyl groups excluding tert-OH is 1. The van der Waals surface area contributed by atoms with Crippen LogP contribution in [0.5, 0.6) is 5.88 Å². The van der Waals surface area contributed by atoms with Crippen LogP contribution in [0.4, 0.5) is 10.1 Å². The molecular formula is C35H31ClFN7O3. The molecule has 0 saturated heterocycles. The number of halogens is 2. The molecule has 12 heteroatoms. The SMILES string of the molecule is Cc1[nH]nc2ccc(NC(=O)c3ccc4c(c3)nc(CN3CC=C(c5cccc(OCc6ccc(Cl)cc6F)n5)CC3)n4CO)cc12. The molecule has 0 unspecified atom stereocenters. The summed E-state index contributed by atoms with van der Waals surface area (Å²) < 4.78 is 21.7. The molecule has 0 fully saturated rings. The zero-order chi connectivity index (χ0) is 32.5. The molecule has 0 saturated carbocycles. The Labute approximate surface area is 274 Å². The lowest BCUT2D eigenvalue weighted by Gasteiger charge is -2.26. The van der Waals surface area contributed by atoms with Crippen molar-refractivity contribution in [1.29, 1.82) is 0 Å². The first-order valence-corrected chi connectivity index (χ1v) is 15.5. The quantitative estimate of drug-likeness (QED) is 0.164. The number of nitrogens with one attached hydrogen (secondary N) is 2. The molecule has 0 radical (unpaired) electrons. The average molecular weight is 652 g/mol. The van der Waals surface area contributed by atoms with Crippen LogP contribution in [0.15, 0.2) is 78.9 Å². The zero-order valence-electron chi connectivity index (χ0n) is 25.5. The van der Waals surface area contributed by atoms with Crippen LogP contribution in [-0.4, -0.2) is 53.7 Å². The number of amides is 1. The average Bonchev–Trinajstić information content (AvgIpc) is 3.63. The molecule has 3 aromatic carbocycles. The van der Waals surface area contributed by atoms with Gasteiger partial charge in [-0.25, -0.2) is 14.4 Å². The summed E-state index contributed by atoms with van der Waals surface area (Å²) in [6.45, 7) is 3.70. The topological polar surface area (TPSA) is 121 Å². The molecule has 238 valence electrons. The lowest BCUT2D eigenvalue weighted by Crippen LogP contribution is -2.29. The second-order valence-corrected chi connectivity index (χ2v) is 11.9. The van der Waals surface area contributed by atoms with Gasteiger partial charge in [-0.1, -0.05) is 29.8 Å². The molecule has 3 aromatic heterocycles. The highest BCUT2D eigenvalue weighted by atomic mass is 35.5. The van der Waals surface area contributed by atoms with E-state index in [1.807, 2.05) is 43.3 Å². The van der Waals surface area contributed by atoms with Gasteiger partial charge in [-0.05, 0) is 73.5 Å². The van der Waals surface area contributed by atoms with Crippen molar-refractivity contribution in [1.82, 2.24) is 29.6 Å². The van der Waals surface area contributed by atoms with E-state index < -0.39 is 5.82 Å². The van der Waals surface area contributed by atoms with Crippen molar-refractivity contribution < 1.29 is 19.0 Å². The Morgan fingerprint density at radius 1 is 1.09 bits per heavy atom. The minimum Gasteiger partial charge on any atom is -0.473 e. The maximum absolute atomic E-state index is 14.2. The molecule has 0 bridgehead atoms. The molecule has 7 rings (SSSR count). The van der Waals surface area contributed by atoms with Gasteiger partial charge in [0.25, 0.3) is 5.91 Å². The number of fused-ring (bicyclic) bond motifs is 2. The first-order valence-electron chi connectivity index (χ1n) is 15.2. The number of aromatic nitrogens is 5. The van der Waals surface area contributed by atoms with Crippen molar-refractivity contribution in [2.24, 2.45) is 0 Å². The van der Waals surface area contributed by atoms with Gasteiger partial charge in [0, 0.05) is 52.1 Å². The molecule has 47 heavy (non-hydrogen) atoms. The molecule has 1 aliphatic rings. The predicted molar refractivity (Wildman–Crippen MR) is 179 cm³/mol. The van der Waals surface area contributed by atoms with Gasteiger partial charge in [-0.3, -0.25) is 14.8 Å². The number of anilines is 1. The van der Waals surface area contributed by atoms with E-state index >= 15 is 0 Å². The summed E-state index contributed by atoms with van der Waals surface area (Å²) in [5.41, 5.74) is 6.61. The van der Waals surface area contributed by atoms with Crippen molar-refractivity contribution >= 4 is 50.7 Å². The molecule has 1 amide bonds. The van der Waals surface area contributed by atoms with Crippen LogP contribution >= 0.6 is 11.6 Å². The largest absolute Gasteiger partial charge is 0.473 e. The number of benzene rings is 3. The Balaban J connectivity index is 1.01. The van der Waals surface area contributed by atoms with Crippen LogP contribution in [0, 0.1) is 12.7 Å². The van der Waals surface area contributed by atoms with E-state index in [0.29, 0.717) is 52.1 Å². The minimum absolute atomic E-state index is 0.0479. The van der Waals surface area contributed by atoms with Crippen LogP contribution in [0.25, 0.3) is 27.5 Å². The van der Waals surface area contributed by atoms with Crippen LogP contribution in [-0.2, 0) is 19.9 Å². The van der Waals surface area contributed by atoms with Gasteiger partial charge < -0.3 is 19.7 Å². The third-order valence-corrected chi connectivity index (χ3v) is 8.57. The number of carbonyl (C=O) groups excluding carboxylic acids is 1. The standard InChI is InChI=1S/C35H31ClFN7O3/c1-21-27-17-26(8-9-30(27)42-41-21)38-35(46)23-6-10-32-31(15-23)39-33(44(32)20-45)18-43-13-11-22(12-14-43)29-3-2-4-34(40-29)47-19-24-5-7-25(36)16-28(24)37/h2-11,15-17,45H,12-14,18-20H2,1H3,(H,38,46)(H,41,42). The molecule has 1 aliphatic heterocycles. The fraction of sp³-hybridized carbons (Fsp3) is 0.200. The van der Waals surface area contributed by atoms with Crippen LogP contribution < -0.4 is 10.1 Å². The second-order valence-electron chi connectivity index (χ2n) is 11.4. The predicted octanol–water partition coefficient (Wildman–Crippen LogP) is 6.48. The molecule has 10 nitrogen and oxygen atoms in total. The number of pyridine rings is 1. The first kappa shape index (κ1) is 30.5. The number of hydrogen-bond acceptors (Lipinski definition) is 7. The first-order chi connectivity index (χ1) is 22.8. The normalized spacial score (nSPS) is 13.7. The van der Waals surface area contributed by atoms with Crippen molar-refractivity contribution in [2.75, 3.05) is 18.4 Å². The van der Waals surface area contributed by atoms with Gasteiger partial charge in [0.1, 0.15) is 25.0 Å². The number of aromatic amines is 1. The van der Waals surface area contributed by atoms with Gasteiger partial charge in [0.05, 0.1) is 28.8 Å². The van der Waals surface area contributed by atoms with Gasteiger partial charge in [0.15, 0.2) is 0 Å². The van der Waals surface area contributed by atoms with E-state index in [0.717, 1.165) is 46.3 Å². The van der Waals surface area contributed by atoms with Crippen molar-refractivity contribution in [3.8, 4) is 5.88 Å². The van der Waals surface area contributed by atoms with E-state index in [9.17, 15) is 14.3 Å². The smallest absolute Gasteiger partial charge is 0.255 e. The number of aryl methyl sites for hydroxylation is 1. The summed E-state index contributed by atoms with van der Waals surface area (Å²) in [6, 6.07) is 20.9. The summed E-state index contributed by atoms with van der Waals surface area (Å²) in [5.74, 6) is 0.459. The Kier molecular flexibility index (Phi) is 8.42. The van der Waals surface area contributed by atoms with Crippen molar-refractivity contribution in [3.63, 3.8) is 0 Å². The van der Waals surface area contributed by atoms with E-state index in [2.05, 4.69) is 31.5 Å². The molecule has 0 atom stereocenters. The van der Waals surface area contributed by atoms with Crippen molar-refractivity contribution in [3.05, 3.63) is 118 Å². The molecule has 4 heterocycles. The number of imidazole rings is 1. The van der Waals surface area contributed by atoms with E-state index in [-0.39, 0.29) is 19.2 Å². The molecule has 6 aromatic rings. The molecular weight excluding hydrogens is 621 g/mol. The minimum atomic E-state index is -0.417. The van der Waals surface area contributed by atoms with E-state index in [4.69, 9.17) is 21.3 Å². The number of rotatable bonds is 9. The summed E-state index contributed by atoms with van der Waals surface area (Å²) in [4.78, 5) is 24.8. The highest BCUT2D eigenvalue weighted by molar-refractivity contribution is 6.30. The van der Waals surface area contributed by atoms with Crippen molar-refractivity contribution in [2.45, 2.75) is 33.2 Å². The highest BCUT2D eigenvalue weighted by Crippen LogP contribution is 2.26. The third kappa shape index (κ3) is 6.46. The number of nitrogens with zero attached hydrogens (tertiary/aromatic N) is 5. The van der Waals surface area contributed by atoms with Gasteiger partial charge >= 0.3 is 0 Å². The molecule has 0 spiro atoms. The Hall–Kier alpha value is -5.10. The second kappa shape index (κ2) is 13.0. The Morgan fingerprint density at radius 2 is 1.98 bits per heavy atom. The Bertz CT molecular complexity index is 2160. The van der Waals surface area contributed by atoms with Crippen LogP contribution in [0.1, 0.15) is 39.6 Å². The number of hydrogen-bond donors (Lipinski definition) is 3. The Morgan fingerprint density at radius 3 is 2.79 bits per heavy atom. The van der Waals surface area contributed by atoms with E-state index in [1.165, 1.54) is 6.07 Å². The van der Waals surface area contributed by atoms with E-state index in [1.54, 1.807) is 34.9 Å². The zero-order valence-corrected chi connectivity index (χ0v) is 26.3. The lowest BCUT2D eigenvalue weighted by atomic mass is 10.0. The monoisotopic (exact) mass is 651 g/mol. The summed E-state index contributed by atoms with van der Waals surface area (Å²) in [6.07, 6.45) is 2.89. The number of ether oxygens (including phenoxy) is 1. The number of aliphatic hydroxyl groups is 1. The highest BCUT2D eigenvalue weighted by Gasteiger charge is 2.19. The molecule has 3 N–H and O–H groups in total. The third-order valence-electron chi connectivity index (χ3n) is 8.33. The lowest BCUT2D eigenvalue weighted by molar-refractivity contribution is 0.102. The number of carbonyl (C=O) groups is 1. The van der Waals surface area contributed by atoms with Gasteiger partial charge in [-0.15, -0.1) is 0 Å². The summed E-state index contributed by atoms with van der Waals surface area (Å²) >= 11 is 5.85. The molecule has 0 aliphatic carbocycles. The maximum atomic E-state index is 14.2. The summed E-state index contributed by atoms with van der Waals surface area (Å²) in [7, 11) is 0.